The van der Waals surface area contributed by atoms with Crippen molar-refractivity contribution in [3.63, 3.8) is 0 Å². The standard InChI is InChI=1S/C12H16N2O4/c1-4-18-11(15)9-5-7-10(8-6-9)13-12(16)14(2)17-3/h5-8H,4H2,1-3H3,(H,13,16). The van der Waals surface area contributed by atoms with E-state index in [1.807, 2.05) is 0 Å². The third kappa shape index (κ3) is 3.74. The molecule has 1 aromatic carbocycles. The van der Waals surface area contributed by atoms with Crippen LogP contribution in [0.5, 0.6) is 0 Å². The van der Waals surface area contributed by atoms with Gasteiger partial charge < -0.3 is 10.1 Å². The second-order valence-corrected chi connectivity index (χ2v) is 3.41. The normalized spacial score (nSPS) is 9.72. The number of hydrogen-bond acceptors (Lipinski definition) is 4. The van der Waals surface area contributed by atoms with E-state index in [1.165, 1.54) is 14.2 Å². The van der Waals surface area contributed by atoms with Gasteiger partial charge in [0.2, 0.25) is 0 Å². The van der Waals surface area contributed by atoms with Gasteiger partial charge in [-0.2, -0.15) is 0 Å². The molecule has 2 amide bonds. The fraction of sp³-hybridized carbons (Fsp3) is 0.333. The molecule has 0 unspecified atom stereocenters. The molecule has 1 N–H and O–H groups in total. The van der Waals surface area contributed by atoms with E-state index in [2.05, 4.69) is 5.32 Å². The van der Waals surface area contributed by atoms with Gasteiger partial charge in [-0.1, -0.05) is 0 Å². The highest BCUT2D eigenvalue weighted by Gasteiger charge is 2.09. The molecular formula is C12H16N2O4. The lowest BCUT2D eigenvalue weighted by atomic mass is 10.2. The van der Waals surface area contributed by atoms with Crippen molar-refractivity contribution in [1.82, 2.24) is 5.06 Å². The highest BCUT2D eigenvalue weighted by Crippen LogP contribution is 2.11. The molecule has 0 fully saturated rings. The number of hydroxylamine groups is 2. The van der Waals surface area contributed by atoms with E-state index in [0.29, 0.717) is 17.9 Å². The Morgan fingerprint density at radius 3 is 2.39 bits per heavy atom. The summed E-state index contributed by atoms with van der Waals surface area (Å²) in [4.78, 5) is 27.6. The minimum atomic E-state index is -0.401. The zero-order chi connectivity index (χ0) is 13.5. The zero-order valence-electron chi connectivity index (χ0n) is 10.6. The largest absolute Gasteiger partial charge is 0.462 e. The molecule has 0 aliphatic heterocycles. The molecule has 0 atom stereocenters. The van der Waals surface area contributed by atoms with E-state index in [9.17, 15) is 9.59 Å². The maximum absolute atomic E-state index is 11.5. The van der Waals surface area contributed by atoms with Crippen LogP contribution in [0, 0.1) is 0 Å². The predicted molar refractivity (Wildman–Crippen MR) is 66.2 cm³/mol. The van der Waals surface area contributed by atoms with Crippen LogP contribution in [0.1, 0.15) is 17.3 Å². The molecule has 0 radical (unpaired) electrons. The second kappa shape index (κ2) is 6.61. The van der Waals surface area contributed by atoms with Crippen LogP contribution in [0.3, 0.4) is 0 Å². The van der Waals surface area contributed by atoms with Gasteiger partial charge in [-0.3, -0.25) is 4.84 Å². The van der Waals surface area contributed by atoms with Gasteiger partial charge >= 0.3 is 12.0 Å². The number of benzene rings is 1. The second-order valence-electron chi connectivity index (χ2n) is 3.41. The first-order valence-corrected chi connectivity index (χ1v) is 5.44. The van der Waals surface area contributed by atoms with E-state index in [0.717, 1.165) is 5.06 Å². The lowest BCUT2D eigenvalue weighted by Crippen LogP contribution is -2.30. The Balaban J connectivity index is 2.66. The summed E-state index contributed by atoms with van der Waals surface area (Å²) in [7, 11) is 2.88. The number of ether oxygens (including phenoxy) is 1. The summed E-state index contributed by atoms with van der Waals surface area (Å²) in [5.41, 5.74) is 1.01. The molecule has 0 aromatic heterocycles. The number of nitrogens with zero attached hydrogens (tertiary/aromatic N) is 1. The van der Waals surface area contributed by atoms with Gasteiger partial charge in [-0.05, 0) is 31.2 Å². The number of urea groups is 1. The van der Waals surface area contributed by atoms with Crippen molar-refractivity contribution in [1.29, 1.82) is 0 Å². The summed E-state index contributed by atoms with van der Waals surface area (Å²) in [5, 5.41) is 3.66. The number of anilines is 1. The Kier molecular flexibility index (Phi) is 5.13. The van der Waals surface area contributed by atoms with Crippen LogP contribution in [0.25, 0.3) is 0 Å². The molecule has 1 rings (SSSR count). The number of carbonyl (C=O) groups is 2. The van der Waals surface area contributed by atoms with Gasteiger partial charge in [-0.25, -0.2) is 14.7 Å². The fourth-order valence-corrected chi connectivity index (χ4v) is 1.19. The molecule has 6 nitrogen and oxygen atoms in total. The van der Waals surface area contributed by atoms with Gasteiger partial charge in [0.05, 0.1) is 19.3 Å². The van der Waals surface area contributed by atoms with Crippen LogP contribution in [0.2, 0.25) is 0 Å². The SMILES string of the molecule is CCOC(=O)c1ccc(NC(=O)N(C)OC)cc1. The summed E-state index contributed by atoms with van der Waals surface area (Å²) < 4.78 is 4.85. The lowest BCUT2D eigenvalue weighted by Gasteiger charge is -2.14. The molecule has 6 heteroatoms. The van der Waals surface area contributed by atoms with E-state index in [4.69, 9.17) is 9.57 Å². The van der Waals surface area contributed by atoms with Crippen LogP contribution in [0.15, 0.2) is 24.3 Å². The molecule has 0 saturated heterocycles. The highest BCUT2D eigenvalue weighted by molar-refractivity contribution is 5.92. The van der Waals surface area contributed by atoms with Crippen LogP contribution in [0.4, 0.5) is 10.5 Å². The van der Waals surface area contributed by atoms with E-state index in [-0.39, 0.29) is 5.97 Å². The number of amides is 2. The molecule has 0 bridgehead atoms. The Hall–Kier alpha value is -2.08. The van der Waals surface area contributed by atoms with Gasteiger partial charge in [0, 0.05) is 12.7 Å². The molecule has 0 heterocycles. The monoisotopic (exact) mass is 252 g/mol. The topological polar surface area (TPSA) is 67.9 Å². The zero-order valence-corrected chi connectivity index (χ0v) is 10.6. The Morgan fingerprint density at radius 2 is 1.89 bits per heavy atom. The van der Waals surface area contributed by atoms with E-state index in [1.54, 1.807) is 31.2 Å². The van der Waals surface area contributed by atoms with Crippen LogP contribution < -0.4 is 5.32 Å². The Bertz CT molecular complexity index is 417. The third-order valence-corrected chi connectivity index (χ3v) is 2.21. The smallest absolute Gasteiger partial charge is 0.345 e. The molecule has 0 spiro atoms. The average molecular weight is 252 g/mol. The van der Waals surface area contributed by atoms with Crippen molar-refractivity contribution in [3.8, 4) is 0 Å². The van der Waals surface area contributed by atoms with Crippen molar-refractivity contribution in [2.24, 2.45) is 0 Å². The maximum atomic E-state index is 11.5. The summed E-state index contributed by atoms with van der Waals surface area (Å²) >= 11 is 0. The average Bonchev–Trinajstić information content (AvgIpc) is 2.38. The van der Waals surface area contributed by atoms with Crippen molar-refractivity contribution in [3.05, 3.63) is 29.8 Å². The van der Waals surface area contributed by atoms with Gasteiger partial charge in [0.25, 0.3) is 0 Å². The summed E-state index contributed by atoms with van der Waals surface area (Å²) in [6, 6.07) is 6.00. The fourth-order valence-electron chi connectivity index (χ4n) is 1.19. The highest BCUT2D eigenvalue weighted by atomic mass is 16.7. The number of hydrogen-bond donors (Lipinski definition) is 1. The van der Waals surface area contributed by atoms with Crippen LogP contribution in [-0.2, 0) is 9.57 Å². The van der Waals surface area contributed by atoms with Crippen molar-refractivity contribution in [2.45, 2.75) is 6.92 Å². The number of carbonyl (C=O) groups excluding carboxylic acids is 2. The summed E-state index contributed by atoms with van der Waals surface area (Å²) in [5.74, 6) is -0.385. The van der Waals surface area contributed by atoms with Gasteiger partial charge in [0.15, 0.2) is 0 Å². The minimum absolute atomic E-state index is 0.329. The number of esters is 1. The van der Waals surface area contributed by atoms with Crippen molar-refractivity contribution < 1.29 is 19.2 Å². The van der Waals surface area contributed by atoms with Gasteiger partial charge in [0.1, 0.15) is 0 Å². The first kappa shape index (κ1) is 14.0. The Labute approximate surface area is 105 Å². The van der Waals surface area contributed by atoms with Crippen molar-refractivity contribution in [2.75, 3.05) is 26.1 Å². The van der Waals surface area contributed by atoms with E-state index >= 15 is 0 Å². The van der Waals surface area contributed by atoms with Crippen LogP contribution in [-0.4, -0.2) is 37.8 Å². The molecule has 0 saturated carbocycles. The molecule has 18 heavy (non-hydrogen) atoms. The number of rotatable bonds is 4. The first-order chi connectivity index (χ1) is 8.58. The van der Waals surface area contributed by atoms with Crippen LogP contribution >= 0.6 is 0 Å². The lowest BCUT2D eigenvalue weighted by molar-refractivity contribution is -0.0598. The molecule has 98 valence electrons. The Morgan fingerprint density at radius 1 is 1.28 bits per heavy atom. The van der Waals surface area contributed by atoms with Crippen molar-refractivity contribution >= 4 is 17.7 Å². The quantitative estimate of drug-likeness (QED) is 0.656. The molecule has 0 aliphatic carbocycles. The van der Waals surface area contributed by atoms with E-state index < -0.39 is 6.03 Å². The number of nitrogens with one attached hydrogen (secondary N) is 1. The third-order valence-electron chi connectivity index (χ3n) is 2.21. The summed E-state index contributed by atoms with van der Waals surface area (Å²) in [6.07, 6.45) is 0. The minimum Gasteiger partial charge on any atom is -0.462 e. The van der Waals surface area contributed by atoms with Gasteiger partial charge in [-0.15, -0.1) is 0 Å². The molecular weight excluding hydrogens is 236 g/mol. The first-order valence-electron chi connectivity index (χ1n) is 5.44. The predicted octanol–water partition coefficient (Wildman–Crippen LogP) is 1.89. The summed E-state index contributed by atoms with van der Waals surface area (Å²) in [6.45, 7) is 2.07. The maximum Gasteiger partial charge on any atom is 0.345 e. The molecule has 1 aromatic rings. The molecule has 0 aliphatic rings.